The van der Waals surface area contributed by atoms with Gasteiger partial charge in [0.1, 0.15) is 11.2 Å². The molecule has 0 spiro atoms. The quantitative estimate of drug-likeness (QED) is 0.185. The average Bonchev–Trinajstić information content (AvgIpc) is 3.41. The van der Waals surface area contributed by atoms with E-state index in [4.69, 9.17) is 4.42 Å². The van der Waals surface area contributed by atoms with Crippen molar-refractivity contribution in [3.63, 3.8) is 0 Å². The molecule has 1 heteroatoms. The van der Waals surface area contributed by atoms with Gasteiger partial charge in [0, 0.05) is 16.2 Å². The van der Waals surface area contributed by atoms with Gasteiger partial charge in [-0.2, -0.15) is 0 Å². The molecule has 45 heavy (non-hydrogen) atoms. The van der Waals surface area contributed by atoms with Crippen LogP contribution in [0.25, 0.3) is 76.5 Å². The zero-order valence-electron chi connectivity index (χ0n) is 27.0. The minimum absolute atomic E-state index is 0.0230. The van der Waals surface area contributed by atoms with Crippen molar-refractivity contribution in [3.05, 3.63) is 132 Å². The molecule has 0 aliphatic rings. The summed E-state index contributed by atoms with van der Waals surface area (Å²) in [7, 11) is 0. The lowest BCUT2D eigenvalue weighted by molar-refractivity contribution is 0.590. The second kappa shape index (κ2) is 9.81. The number of rotatable bonds is 2. The molecule has 0 N–H and O–H groups in total. The molecule has 8 aromatic rings. The van der Waals surface area contributed by atoms with E-state index in [1.165, 1.54) is 60.3 Å². The van der Waals surface area contributed by atoms with E-state index in [9.17, 15) is 0 Å². The first-order chi connectivity index (χ1) is 21.6. The Morgan fingerprint density at radius 3 is 1.62 bits per heavy atom. The molecule has 0 aliphatic carbocycles. The first-order valence-corrected chi connectivity index (χ1v) is 16.0. The normalized spacial score (nSPS) is 12.7. The van der Waals surface area contributed by atoms with E-state index in [1.54, 1.807) is 0 Å². The highest BCUT2D eigenvalue weighted by Crippen LogP contribution is 2.47. The van der Waals surface area contributed by atoms with Gasteiger partial charge in [-0.05, 0) is 101 Å². The van der Waals surface area contributed by atoms with Crippen molar-refractivity contribution >= 4 is 54.3 Å². The molecule has 0 saturated carbocycles. The minimum atomic E-state index is 0.0230. The average molecular weight is 583 g/mol. The second-order valence-corrected chi connectivity index (χ2v) is 14.6. The number of hydrogen-bond acceptors (Lipinski definition) is 1. The Morgan fingerprint density at radius 2 is 0.978 bits per heavy atom. The summed E-state index contributed by atoms with van der Waals surface area (Å²) < 4.78 is 6.53. The zero-order valence-corrected chi connectivity index (χ0v) is 27.0. The Kier molecular flexibility index (Phi) is 6.03. The van der Waals surface area contributed by atoms with E-state index in [0.717, 1.165) is 27.3 Å². The molecule has 0 saturated heterocycles. The fraction of sp³-hybridized carbons (Fsp3) is 0.182. The number of benzene rings is 7. The standard InChI is InChI=1S/C44H38O/c1-43(2,3)30-19-22-34-37(25-30)40(28-13-8-7-9-14-28)33-21-18-31(44(4,5)6)26-38(33)41(34)29-17-23-39-36(24-29)35-20-16-27-12-10-11-15-32(27)42(35)45-39/h7-26H,1-6H3. The summed E-state index contributed by atoms with van der Waals surface area (Å²) in [6.07, 6.45) is 0. The van der Waals surface area contributed by atoms with Crippen LogP contribution < -0.4 is 0 Å². The molecule has 0 unspecified atom stereocenters. The number of hydrogen-bond donors (Lipinski definition) is 0. The highest BCUT2D eigenvalue weighted by atomic mass is 16.3. The molecule has 0 fully saturated rings. The Balaban J connectivity index is 1.52. The lowest BCUT2D eigenvalue weighted by Gasteiger charge is -2.25. The van der Waals surface area contributed by atoms with Gasteiger partial charge >= 0.3 is 0 Å². The summed E-state index contributed by atoms with van der Waals surface area (Å²) in [5, 5.41) is 9.80. The van der Waals surface area contributed by atoms with Crippen LogP contribution in [0.4, 0.5) is 0 Å². The molecule has 0 amide bonds. The molecule has 8 rings (SSSR count). The Labute approximate surface area is 265 Å². The van der Waals surface area contributed by atoms with Gasteiger partial charge in [0.2, 0.25) is 0 Å². The maximum Gasteiger partial charge on any atom is 0.143 e. The third kappa shape index (κ3) is 4.45. The lowest BCUT2D eigenvalue weighted by Crippen LogP contribution is -2.11. The van der Waals surface area contributed by atoms with Crippen LogP contribution in [0.3, 0.4) is 0 Å². The Hall–Kier alpha value is -4.88. The van der Waals surface area contributed by atoms with Gasteiger partial charge < -0.3 is 4.42 Å². The summed E-state index contributed by atoms with van der Waals surface area (Å²) in [6.45, 7) is 13.8. The van der Waals surface area contributed by atoms with Gasteiger partial charge in [-0.15, -0.1) is 0 Å². The zero-order chi connectivity index (χ0) is 31.1. The van der Waals surface area contributed by atoms with E-state index < -0.39 is 0 Å². The molecule has 0 aliphatic heterocycles. The van der Waals surface area contributed by atoms with E-state index >= 15 is 0 Å². The molecule has 1 aromatic heterocycles. The molecular formula is C44H38O. The SMILES string of the molecule is CC(C)(C)c1ccc2c(-c3ccc4oc5c6ccccc6ccc5c4c3)c3cc(C(C)(C)C)ccc3c(-c3ccccc3)c2c1. The van der Waals surface area contributed by atoms with Crippen molar-refractivity contribution in [1.29, 1.82) is 0 Å². The largest absolute Gasteiger partial charge is 0.455 e. The van der Waals surface area contributed by atoms with E-state index in [1.807, 2.05) is 0 Å². The van der Waals surface area contributed by atoms with Crippen molar-refractivity contribution in [3.8, 4) is 22.3 Å². The van der Waals surface area contributed by atoms with Gasteiger partial charge in [0.15, 0.2) is 0 Å². The van der Waals surface area contributed by atoms with E-state index in [-0.39, 0.29) is 10.8 Å². The summed E-state index contributed by atoms with van der Waals surface area (Å²) in [5.41, 5.74) is 9.65. The van der Waals surface area contributed by atoms with Crippen LogP contribution in [-0.2, 0) is 10.8 Å². The van der Waals surface area contributed by atoms with Gasteiger partial charge in [0.05, 0.1) is 0 Å². The third-order valence-corrected chi connectivity index (χ3v) is 9.56. The molecule has 0 radical (unpaired) electrons. The lowest BCUT2D eigenvalue weighted by atomic mass is 9.79. The van der Waals surface area contributed by atoms with Crippen LogP contribution in [0.5, 0.6) is 0 Å². The fourth-order valence-corrected chi connectivity index (χ4v) is 7.05. The highest BCUT2D eigenvalue weighted by Gasteiger charge is 2.23. The van der Waals surface area contributed by atoms with Crippen LogP contribution in [0.2, 0.25) is 0 Å². The van der Waals surface area contributed by atoms with Crippen LogP contribution >= 0.6 is 0 Å². The maximum absolute atomic E-state index is 6.53. The van der Waals surface area contributed by atoms with Crippen molar-refractivity contribution < 1.29 is 4.42 Å². The second-order valence-electron chi connectivity index (χ2n) is 14.6. The van der Waals surface area contributed by atoms with Gasteiger partial charge in [-0.3, -0.25) is 0 Å². The summed E-state index contributed by atoms with van der Waals surface area (Å²) in [4.78, 5) is 0. The third-order valence-electron chi connectivity index (χ3n) is 9.56. The van der Waals surface area contributed by atoms with Crippen LogP contribution in [0, 0.1) is 0 Å². The number of furan rings is 1. The van der Waals surface area contributed by atoms with Crippen LogP contribution in [0.15, 0.2) is 126 Å². The molecule has 7 aromatic carbocycles. The molecule has 0 bridgehead atoms. The first-order valence-electron chi connectivity index (χ1n) is 16.0. The minimum Gasteiger partial charge on any atom is -0.455 e. The first kappa shape index (κ1) is 27.7. The molecule has 1 heterocycles. The van der Waals surface area contributed by atoms with Crippen LogP contribution in [0.1, 0.15) is 52.7 Å². The van der Waals surface area contributed by atoms with Gasteiger partial charge in [0.25, 0.3) is 0 Å². The van der Waals surface area contributed by atoms with Crippen molar-refractivity contribution in [1.82, 2.24) is 0 Å². The van der Waals surface area contributed by atoms with Crippen molar-refractivity contribution in [2.75, 3.05) is 0 Å². The molecule has 1 nitrogen and oxygen atoms in total. The predicted molar refractivity (Wildman–Crippen MR) is 195 cm³/mol. The summed E-state index contributed by atoms with van der Waals surface area (Å²) in [6, 6.07) is 44.9. The Bertz CT molecular complexity index is 2430. The smallest absolute Gasteiger partial charge is 0.143 e. The summed E-state index contributed by atoms with van der Waals surface area (Å²) in [5.74, 6) is 0. The van der Waals surface area contributed by atoms with Gasteiger partial charge in [-0.1, -0.05) is 133 Å². The Morgan fingerprint density at radius 1 is 0.400 bits per heavy atom. The van der Waals surface area contributed by atoms with Crippen molar-refractivity contribution in [2.45, 2.75) is 52.4 Å². The van der Waals surface area contributed by atoms with Crippen LogP contribution in [-0.4, -0.2) is 0 Å². The molecular weight excluding hydrogens is 544 g/mol. The molecule has 220 valence electrons. The van der Waals surface area contributed by atoms with Crippen molar-refractivity contribution in [2.24, 2.45) is 0 Å². The monoisotopic (exact) mass is 582 g/mol. The number of fused-ring (bicyclic) bond motifs is 7. The molecule has 0 atom stereocenters. The van der Waals surface area contributed by atoms with Gasteiger partial charge in [-0.25, -0.2) is 0 Å². The maximum atomic E-state index is 6.53. The fourth-order valence-electron chi connectivity index (χ4n) is 7.05. The topological polar surface area (TPSA) is 13.1 Å². The predicted octanol–water partition coefficient (Wildman–Crippen LogP) is 13.0. The summed E-state index contributed by atoms with van der Waals surface area (Å²) >= 11 is 0. The van der Waals surface area contributed by atoms with E-state index in [0.29, 0.717) is 0 Å². The van der Waals surface area contributed by atoms with E-state index in [2.05, 4.69) is 163 Å². The highest BCUT2D eigenvalue weighted by molar-refractivity contribution is 6.23.